The van der Waals surface area contributed by atoms with Gasteiger partial charge in [0.25, 0.3) is 0 Å². The van der Waals surface area contributed by atoms with E-state index in [2.05, 4.69) is 20.7 Å². The Morgan fingerprint density at radius 1 is 1.30 bits per heavy atom. The average Bonchev–Trinajstić information content (AvgIpc) is 2.73. The minimum absolute atomic E-state index is 0.211. The first kappa shape index (κ1) is 15.5. The van der Waals surface area contributed by atoms with Crippen molar-refractivity contribution in [3.8, 4) is 0 Å². The van der Waals surface area contributed by atoms with E-state index in [0.29, 0.717) is 18.7 Å². The highest BCUT2D eigenvalue weighted by Crippen LogP contribution is 2.22. The maximum atomic E-state index is 12.2. The summed E-state index contributed by atoms with van der Waals surface area (Å²) in [5.41, 5.74) is 6.96. The molecule has 2 rings (SSSR count). The molecule has 0 saturated carbocycles. The Bertz CT molecular complexity index is 691. The maximum absolute atomic E-state index is 12.2. The zero-order valence-corrected chi connectivity index (χ0v) is 14.1. The van der Waals surface area contributed by atoms with Crippen LogP contribution in [0.25, 0.3) is 0 Å². The van der Waals surface area contributed by atoms with E-state index in [1.54, 1.807) is 23.5 Å². The Labute approximate surface area is 131 Å². The predicted octanol–water partition coefficient (Wildman–Crippen LogP) is 2.92. The number of thiophene rings is 1. The van der Waals surface area contributed by atoms with Crippen molar-refractivity contribution in [2.45, 2.75) is 18.2 Å². The van der Waals surface area contributed by atoms with Crippen LogP contribution in [0.5, 0.6) is 0 Å². The first-order chi connectivity index (χ1) is 9.37. The molecule has 0 aliphatic heterocycles. The molecule has 0 aliphatic rings. The molecule has 1 aromatic carbocycles. The van der Waals surface area contributed by atoms with Crippen LogP contribution in [-0.4, -0.2) is 15.0 Å². The molecule has 0 atom stereocenters. The van der Waals surface area contributed by atoms with E-state index in [4.69, 9.17) is 5.73 Å². The number of sulfonamides is 1. The number of hydrogen-bond donors (Lipinski definition) is 2. The summed E-state index contributed by atoms with van der Waals surface area (Å²) in [6.07, 6.45) is 0.663. The number of rotatable bonds is 5. The summed E-state index contributed by atoms with van der Waals surface area (Å²) in [6, 6.07) is 8.75. The molecular formula is C13H15BrN2O2S2. The first-order valence-corrected chi connectivity index (χ1v) is 9.07. The summed E-state index contributed by atoms with van der Waals surface area (Å²) in [6.45, 7) is 2.18. The third-order valence-corrected chi connectivity index (χ3v) is 5.80. The number of anilines is 1. The summed E-state index contributed by atoms with van der Waals surface area (Å²) in [7, 11) is -3.51. The second-order valence-electron chi connectivity index (χ2n) is 4.43. The summed E-state index contributed by atoms with van der Waals surface area (Å²) in [4.78, 5) is 1.34. The maximum Gasteiger partial charge on any atom is 0.240 e. The quantitative estimate of drug-likeness (QED) is 0.790. The Balaban J connectivity index is 2.03. The summed E-state index contributed by atoms with van der Waals surface area (Å²) >= 11 is 4.98. The van der Waals surface area contributed by atoms with Crippen molar-refractivity contribution in [3.05, 3.63) is 44.6 Å². The van der Waals surface area contributed by atoms with Gasteiger partial charge in [0, 0.05) is 17.1 Å². The third kappa shape index (κ3) is 4.05. The molecule has 0 spiro atoms. The van der Waals surface area contributed by atoms with E-state index in [9.17, 15) is 8.42 Å². The monoisotopic (exact) mass is 374 g/mol. The zero-order valence-electron chi connectivity index (χ0n) is 10.9. The third-order valence-electron chi connectivity index (χ3n) is 2.68. The number of aryl methyl sites for hydroxylation is 1. The van der Waals surface area contributed by atoms with Crippen LogP contribution in [-0.2, 0) is 16.4 Å². The van der Waals surface area contributed by atoms with Crippen molar-refractivity contribution in [1.29, 1.82) is 0 Å². The summed E-state index contributed by atoms with van der Waals surface area (Å²) in [5, 5.41) is 0. The van der Waals surface area contributed by atoms with E-state index in [1.807, 2.05) is 19.1 Å². The van der Waals surface area contributed by atoms with Crippen LogP contribution in [0.15, 0.2) is 39.0 Å². The normalized spacial score (nSPS) is 11.7. The van der Waals surface area contributed by atoms with Crippen LogP contribution in [0.3, 0.4) is 0 Å². The number of nitrogens with one attached hydrogen (secondary N) is 1. The predicted molar refractivity (Wildman–Crippen MR) is 86.5 cm³/mol. The lowest BCUT2D eigenvalue weighted by Crippen LogP contribution is -2.26. The van der Waals surface area contributed by atoms with Crippen LogP contribution in [0.1, 0.15) is 10.4 Å². The molecule has 3 N–H and O–H groups in total. The highest BCUT2D eigenvalue weighted by molar-refractivity contribution is 9.11. The zero-order chi connectivity index (χ0) is 14.8. The topological polar surface area (TPSA) is 72.2 Å². The van der Waals surface area contributed by atoms with Crippen LogP contribution in [0.4, 0.5) is 5.69 Å². The Morgan fingerprint density at radius 2 is 2.05 bits per heavy atom. The summed E-state index contributed by atoms with van der Waals surface area (Å²) < 4.78 is 28.0. The van der Waals surface area contributed by atoms with Gasteiger partial charge in [0.2, 0.25) is 10.0 Å². The molecule has 2 aromatic rings. The van der Waals surface area contributed by atoms with Crippen molar-refractivity contribution in [1.82, 2.24) is 4.72 Å². The van der Waals surface area contributed by atoms with Crippen molar-refractivity contribution >= 4 is 43.0 Å². The van der Waals surface area contributed by atoms with Gasteiger partial charge in [-0.25, -0.2) is 13.1 Å². The molecule has 20 heavy (non-hydrogen) atoms. The van der Waals surface area contributed by atoms with Gasteiger partial charge in [-0.3, -0.25) is 0 Å². The minimum atomic E-state index is -3.51. The number of halogens is 1. The molecule has 0 fully saturated rings. The molecular weight excluding hydrogens is 360 g/mol. The van der Waals surface area contributed by atoms with E-state index in [-0.39, 0.29) is 4.90 Å². The van der Waals surface area contributed by atoms with E-state index in [1.165, 1.54) is 6.07 Å². The molecule has 0 aliphatic carbocycles. The number of hydrogen-bond acceptors (Lipinski definition) is 4. The van der Waals surface area contributed by atoms with Crippen LogP contribution >= 0.6 is 27.3 Å². The fourth-order valence-electron chi connectivity index (χ4n) is 1.81. The highest BCUT2D eigenvalue weighted by atomic mass is 79.9. The van der Waals surface area contributed by atoms with Crippen LogP contribution in [0.2, 0.25) is 0 Å². The van der Waals surface area contributed by atoms with Gasteiger partial charge in [-0.1, -0.05) is 0 Å². The van der Waals surface area contributed by atoms with Crippen molar-refractivity contribution in [2.24, 2.45) is 0 Å². The Morgan fingerprint density at radius 3 is 2.65 bits per heavy atom. The lowest BCUT2D eigenvalue weighted by atomic mass is 10.2. The molecule has 0 radical (unpaired) electrons. The van der Waals surface area contributed by atoms with Crippen molar-refractivity contribution < 1.29 is 8.42 Å². The molecule has 1 heterocycles. The van der Waals surface area contributed by atoms with Crippen LogP contribution < -0.4 is 10.5 Å². The number of benzene rings is 1. The Kier molecular flexibility index (Phi) is 4.85. The number of nitrogen functional groups attached to an aromatic ring is 1. The van der Waals surface area contributed by atoms with E-state index in [0.717, 1.165) is 14.2 Å². The van der Waals surface area contributed by atoms with E-state index >= 15 is 0 Å². The summed E-state index contributed by atoms with van der Waals surface area (Å²) in [5.74, 6) is 0. The molecule has 0 unspecified atom stereocenters. The van der Waals surface area contributed by atoms with Gasteiger partial charge in [-0.05, 0) is 65.2 Å². The molecule has 0 amide bonds. The largest absolute Gasteiger partial charge is 0.399 e. The van der Waals surface area contributed by atoms with Gasteiger partial charge < -0.3 is 5.73 Å². The lowest BCUT2D eigenvalue weighted by molar-refractivity contribution is 0.582. The lowest BCUT2D eigenvalue weighted by Gasteiger charge is -2.08. The van der Waals surface area contributed by atoms with Gasteiger partial charge in [0.1, 0.15) is 0 Å². The second-order valence-corrected chi connectivity index (χ2v) is 8.75. The Hall–Kier alpha value is -0.890. The molecule has 1 aromatic heterocycles. The standard InChI is InChI=1S/C13H15BrN2O2S2/c1-9-6-10(15)8-12(7-9)20(17,18)16-5-4-11-2-3-13(14)19-11/h2-3,6-8,16H,4-5,15H2,1H3. The van der Waals surface area contributed by atoms with Gasteiger partial charge in [0.15, 0.2) is 0 Å². The van der Waals surface area contributed by atoms with E-state index < -0.39 is 10.0 Å². The molecule has 0 bridgehead atoms. The van der Waals surface area contributed by atoms with Gasteiger partial charge in [0.05, 0.1) is 8.68 Å². The second kappa shape index (κ2) is 6.26. The molecule has 7 heteroatoms. The number of nitrogens with two attached hydrogens (primary N) is 1. The van der Waals surface area contributed by atoms with Crippen molar-refractivity contribution in [3.63, 3.8) is 0 Å². The van der Waals surface area contributed by atoms with Crippen molar-refractivity contribution in [2.75, 3.05) is 12.3 Å². The highest BCUT2D eigenvalue weighted by Gasteiger charge is 2.14. The van der Waals surface area contributed by atoms with Gasteiger partial charge in [-0.15, -0.1) is 11.3 Å². The van der Waals surface area contributed by atoms with Gasteiger partial charge in [-0.2, -0.15) is 0 Å². The molecule has 0 saturated heterocycles. The molecule has 4 nitrogen and oxygen atoms in total. The fraction of sp³-hybridized carbons (Fsp3) is 0.231. The molecule has 108 valence electrons. The van der Waals surface area contributed by atoms with Crippen LogP contribution in [0, 0.1) is 6.92 Å². The smallest absolute Gasteiger partial charge is 0.240 e. The minimum Gasteiger partial charge on any atom is -0.399 e. The average molecular weight is 375 g/mol. The first-order valence-electron chi connectivity index (χ1n) is 5.98. The fourth-order valence-corrected chi connectivity index (χ4v) is 4.46. The van der Waals surface area contributed by atoms with Gasteiger partial charge >= 0.3 is 0 Å². The SMILES string of the molecule is Cc1cc(N)cc(S(=O)(=O)NCCc2ccc(Br)s2)c1.